The van der Waals surface area contributed by atoms with Gasteiger partial charge in [0.1, 0.15) is 6.17 Å². The van der Waals surface area contributed by atoms with E-state index in [9.17, 15) is 0 Å². The minimum atomic E-state index is 0.611. The van der Waals surface area contributed by atoms with E-state index in [0.29, 0.717) is 12.3 Å². The molecule has 0 aromatic rings. The van der Waals surface area contributed by atoms with Crippen molar-refractivity contribution < 1.29 is 0 Å². The van der Waals surface area contributed by atoms with Crippen LogP contribution in [0.15, 0.2) is 12.3 Å². The van der Waals surface area contributed by atoms with Crippen LogP contribution in [0, 0.1) is 0 Å². The Morgan fingerprint density at radius 1 is 0.667 bits per heavy atom. The molecule has 0 N–H and O–H groups in total. The van der Waals surface area contributed by atoms with Crippen LogP contribution in [-0.2, 0) is 0 Å². The van der Waals surface area contributed by atoms with Gasteiger partial charge in [0.2, 0.25) is 0 Å². The third kappa shape index (κ3) is 1.70. The lowest BCUT2D eigenvalue weighted by molar-refractivity contribution is -0.0647. The summed E-state index contributed by atoms with van der Waals surface area (Å²) in [6.07, 6.45) is 9.99. The lowest BCUT2D eigenvalue weighted by atomic mass is 10.1. The molecule has 0 amide bonds. The normalized spacial score (nSPS) is 38.1. The summed E-state index contributed by atoms with van der Waals surface area (Å²) in [5, 5.41) is 0. The van der Waals surface area contributed by atoms with E-state index in [1.54, 1.807) is 0 Å². The first kappa shape index (κ1) is 11.3. The van der Waals surface area contributed by atoms with Gasteiger partial charge in [0.25, 0.3) is 0 Å². The average Bonchev–Trinajstić information content (AvgIpc) is 2.70. The first-order valence-corrected chi connectivity index (χ1v) is 7.58. The van der Waals surface area contributed by atoms with E-state index < -0.39 is 0 Å². The molecule has 0 spiro atoms. The van der Waals surface area contributed by atoms with Crippen molar-refractivity contribution in [3.8, 4) is 0 Å². The molecule has 4 aliphatic rings. The van der Waals surface area contributed by atoms with Crippen LogP contribution in [0.5, 0.6) is 0 Å². The van der Waals surface area contributed by atoms with Crippen LogP contribution in [0.1, 0.15) is 19.3 Å². The smallest absolute Gasteiger partial charge is 0.111 e. The van der Waals surface area contributed by atoms with Gasteiger partial charge in [-0.25, -0.2) is 0 Å². The molecule has 0 saturated carbocycles. The van der Waals surface area contributed by atoms with Gasteiger partial charge in [-0.05, 0) is 25.5 Å². The molecular formula is C14H24N4. The molecule has 0 aromatic carbocycles. The number of hydrogen-bond donors (Lipinski definition) is 0. The summed E-state index contributed by atoms with van der Waals surface area (Å²) in [6.45, 7) is 8.86. The second-order valence-corrected chi connectivity index (χ2v) is 6.08. The van der Waals surface area contributed by atoms with Crippen molar-refractivity contribution in [3.05, 3.63) is 12.3 Å². The Morgan fingerprint density at radius 3 is 2.00 bits per heavy atom. The van der Waals surface area contributed by atoms with E-state index in [4.69, 9.17) is 0 Å². The fourth-order valence-corrected chi connectivity index (χ4v) is 4.28. The van der Waals surface area contributed by atoms with E-state index in [1.165, 1.54) is 58.5 Å². The van der Waals surface area contributed by atoms with Crippen LogP contribution in [-0.4, -0.2) is 77.7 Å². The molecule has 0 radical (unpaired) electrons. The third-order valence-corrected chi connectivity index (χ3v) is 5.01. The Labute approximate surface area is 110 Å². The zero-order valence-corrected chi connectivity index (χ0v) is 11.2. The van der Waals surface area contributed by atoms with Crippen molar-refractivity contribution in [3.63, 3.8) is 0 Å². The second-order valence-electron chi connectivity index (χ2n) is 6.08. The highest BCUT2D eigenvalue weighted by Crippen LogP contribution is 2.30. The van der Waals surface area contributed by atoms with Gasteiger partial charge in [-0.2, -0.15) is 0 Å². The Kier molecular flexibility index (Phi) is 2.82. The lowest BCUT2D eigenvalue weighted by Gasteiger charge is -2.50. The fourth-order valence-electron chi connectivity index (χ4n) is 4.28. The monoisotopic (exact) mass is 248 g/mol. The van der Waals surface area contributed by atoms with Gasteiger partial charge in [-0.1, -0.05) is 6.08 Å². The van der Waals surface area contributed by atoms with Crippen LogP contribution in [0.4, 0.5) is 0 Å². The highest BCUT2D eigenvalue weighted by Gasteiger charge is 2.44. The number of hydrogen-bond acceptors (Lipinski definition) is 4. The summed E-state index contributed by atoms with van der Waals surface area (Å²) in [5.74, 6) is 0. The third-order valence-electron chi connectivity index (χ3n) is 5.01. The van der Waals surface area contributed by atoms with Crippen LogP contribution >= 0.6 is 0 Å². The molecule has 4 heteroatoms. The summed E-state index contributed by atoms with van der Waals surface area (Å²) in [4.78, 5) is 10.8. The summed E-state index contributed by atoms with van der Waals surface area (Å²) in [7, 11) is 0. The van der Waals surface area contributed by atoms with E-state index in [0.717, 1.165) is 6.54 Å². The standard InChI is InChI=1S/C14H24N4/c1-5-15-9-3-11-17-7-2-8-18-12-4-10-16(6-1)13(15)14(17)18/h1,5,13-14H,2-4,6-12H2/t13-,14-/m0/s1. The Hall–Kier alpha value is -0.580. The maximum absolute atomic E-state index is 2.76. The molecule has 0 aliphatic carbocycles. The average molecular weight is 248 g/mol. The topological polar surface area (TPSA) is 13.0 Å². The first-order valence-electron chi connectivity index (χ1n) is 7.58. The quantitative estimate of drug-likeness (QED) is 0.622. The molecule has 0 bridgehead atoms. The summed E-state index contributed by atoms with van der Waals surface area (Å²) < 4.78 is 0. The predicted molar refractivity (Wildman–Crippen MR) is 72.0 cm³/mol. The molecule has 18 heavy (non-hydrogen) atoms. The van der Waals surface area contributed by atoms with Crippen molar-refractivity contribution >= 4 is 0 Å². The minimum Gasteiger partial charge on any atom is -0.359 e. The summed E-state index contributed by atoms with van der Waals surface area (Å²) >= 11 is 0. The van der Waals surface area contributed by atoms with E-state index >= 15 is 0 Å². The van der Waals surface area contributed by atoms with Crippen LogP contribution in [0.3, 0.4) is 0 Å². The zero-order chi connectivity index (χ0) is 11.9. The summed E-state index contributed by atoms with van der Waals surface area (Å²) in [5.41, 5.74) is 0. The predicted octanol–water partition coefficient (Wildman–Crippen LogP) is 0.585. The van der Waals surface area contributed by atoms with E-state index in [1.807, 2.05) is 0 Å². The molecule has 0 unspecified atom stereocenters. The van der Waals surface area contributed by atoms with Crippen LogP contribution in [0.25, 0.3) is 0 Å². The zero-order valence-electron chi connectivity index (χ0n) is 11.2. The van der Waals surface area contributed by atoms with Crippen molar-refractivity contribution in [2.45, 2.75) is 31.6 Å². The molecule has 4 aliphatic heterocycles. The number of nitrogens with zero attached hydrogens (tertiary/aromatic N) is 4. The van der Waals surface area contributed by atoms with Gasteiger partial charge in [-0.15, -0.1) is 0 Å². The molecule has 4 heterocycles. The van der Waals surface area contributed by atoms with Gasteiger partial charge in [0.15, 0.2) is 0 Å². The Bertz CT molecular complexity index is 337. The maximum atomic E-state index is 2.76. The van der Waals surface area contributed by atoms with E-state index in [2.05, 4.69) is 31.9 Å². The molecule has 3 fully saturated rings. The maximum Gasteiger partial charge on any atom is 0.111 e. The molecule has 2 atom stereocenters. The highest BCUT2D eigenvalue weighted by molar-refractivity contribution is 5.03. The van der Waals surface area contributed by atoms with Crippen LogP contribution in [0.2, 0.25) is 0 Å². The van der Waals surface area contributed by atoms with Crippen LogP contribution < -0.4 is 0 Å². The molecule has 4 rings (SSSR count). The van der Waals surface area contributed by atoms with Crippen molar-refractivity contribution in [2.75, 3.05) is 45.8 Å². The molecule has 0 aromatic heterocycles. The van der Waals surface area contributed by atoms with Gasteiger partial charge in [0, 0.05) is 45.8 Å². The summed E-state index contributed by atoms with van der Waals surface area (Å²) in [6, 6.07) is 0. The van der Waals surface area contributed by atoms with Gasteiger partial charge in [-0.3, -0.25) is 14.7 Å². The highest BCUT2D eigenvalue weighted by atomic mass is 15.5. The molecular weight excluding hydrogens is 224 g/mol. The van der Waals surface area contributed by atoms with Crippen molar-refractivity contribution in [1.82, 2.24) is 19.6 Å². The SMILES string of the molecule is C1=CN2CCCN3CCCN4CCCN(C1)[C@H]2[C@@H]34. The van der Waals surface area contributed by atoms with Crippen molar-refractivity contribution in [1.29, 1.82) is 0 Å². The van der Waals surface area contributed by atoms with E-state index in [-0.39, 0.29) is 0 Å². The van der Waals surface area contributed by atoms with Gasteiger partial charge < -0.3 is 4.90 Å². The van der Waals surface area contributed by atoms with Gasteiger partial charge >= 0.3 is 0 Å². The Balaban J connectivity index is 1.73. The minimum absolute atomic E-state index is 0.611. The first-order chi connectivity index (χ1) is 8.93. The molecule has 4 nitrogen and oxygen atoms in total. The molecule has 100 valence electrons. The largest absolute Gasteiger partial charge is 0.359 e. The van der Waals surface area contributed by atoms with Gasteiger partial charge in [0.05, 0.1) is 6.17 Å². The molecule has 3 saturated heterocycles. The number of rotatable bonds is 0. The lowest BCUT2D eigenvalue weighted by Crippen LogP contribution is -2.65. The Morgan fingerprint density at radius 2 is 1.28 bits per heavy atom. The second kappa shape index (κ2) is 4.51. The van der Waals surface area contributed by atoms with Crippen molar-refractivity contribution in [2.24, 2.45) is 0 Å². The fraction of sp³-hybridized carbons (Fsp3) is 0.857.